The summed E-state index contributed by atoms with van der Waals surface area (Å²) in [5.41, 5.74) is 2.37. The summed E-state index contributed by atoms with van der Waals surface area (Å²) in [4.78, 5) is 22.9. The van der Waals surface area contributed by atoms with E-state index in [0.717, 1.165) is 10.9 Å². The van der Waals surface area contributed by atoms with Crippen LogP contribution in [0.4, 0.5) is 0 Å². The first-order valence-corrected chi connectivity index (χ1v) is 5.85. The topological polar surface area (TPSA) is 72.2 Å². The Morgan fingerprint density at radius 1 is 1.39 bits per heavy atom. The number of nitrogens with zero attached hydrogens (tertiary/aromatic N) is 1. The maximum Gasteiger partial charge on any atom is 0.235 e. The lowest BCUT2D eigenvalue weighted by atomic mass is 9.92. The molecule has 1 atom stereocenters. The fraction of sp³-hybridized carbons (Fsp3) is 0.308. The third kappa shape index (κ3) is 1.68. The Hall–Kier alpha value is -2.17. The summed E-state index contributed by atoms with van der Waals surface area (Å²) in [5, 5.41) is 7.18. The second kappa shape index (κ2) is 3.94. The quantitative estimate of drug-likeness (QED) is 0.774. The Kier molecular flexibility index (Phi) is 2.40. The van der Waals surface area contributed by atoms with E-state index in [1.165, 1.54) is 0 Å². The number of hydrogen-bond acceptors (Lipinski definition) is 4. The van der Waals surface area contributed by atoms with Gasteiger partial charge in [-0.3, -0.25) is 14.9 Å². The van der Waals surface area contributed by atoms with Gasteiger partial charge in [-0.2, -0.15) is 0 Å². The van der Waals surface area contributed by atoms with Gasteiger partial charge in [-0.05, 0) is 25.5 Å². The van der Waals surface area contributed by atoms with Crippen molar-refractivity contribution in [3.05, 3.63) is 29.5 Å². The molecule has 0 bridgehead atoms. The van der Waals surface area contributed by atoms with Crippen molar-refractivity contribution in [2.45, 2.75) is 25.7 Å². The highest BCUT2D eigenvalue weighted by Crippen LogP contribution is 2.30. The van der Waals surface area contributed by atoms with Gasteiger partial charge in [0.05, 0.1) is 5.92 Å². The van der Waals surface area contributed by atoms with Crippen molar-refractivity contribution < 1.29 is 14.1 Å². The average Bonchev–Trinajstić information content (AvgIpc) is 2.72. The van der Waals surface area contributed by atoms with E-state index in [9.17, 15) is 9.59 Å². The number of nitrogens with one attached hydrogen (secondary N) is 1. The lowest BCUT2D eigenvalue weighted by Gasteiger charge is -2.18. The monoisotopic (exact) mass is 244 g/mol. The van der Waals surface area contributed by atoms with Crippen LogP contribution in [0.5, 0.6) is 0 Å². The van der Waals surface area contributed by atoms with E-state index in [1.54, 1.807) is 0 Å². The van der Waals surface area contributed by atoms with Crippen LogP contribution in [0.25, 0.3) is 11.0 Å². The number of imide groups is 1. The van der Waals surface area contributed by atoms with E-state index in [1.807, 2.05) is 25.1 Å². The Morgan fingerprint density at radius 3 is 3.00 bits per heavy atom. The first kappa shape index (κ1) is 11.0. The maximum atomic E-state index is 11.8. The third-order valence-electron chi connectivity index (χ3n) is 3.22. The summed E-state index contributed by atoms with van der Waals surface area (Å²) in [6.07, 6.45) is 0.830. The normalized spacial score (nSPS) is 20.2. The van der Waals surface area contributed by atoms with Gasteiger partial charge in [0.15, 0.2) is 5.58 Å². The molecule has 5 heteroatoms. The Morgan fingerprint density at radius 2 is 2.22 bits per heavy atom. The third-order valence-corrected chi connectivity index (χ3v) is 3.22. The minimum atomic E-state index is -0.397. The van der Waals surface area contributed by atoms with Crippen molar-refractivity contribution in [2.24, 2.45) is 0 Å². The molecule has 0 radical (unpaired) electrons. The molecular weight excluding hydrogens is 232 g/mol. The number of benzene rings is 1. The van der Waals surface area contributed by atoms with Crippen LogP contribution in [0.3, 0.4) is 0 Å². The minimum Gasteiger partial charge on any atom is -0.356 e. The van der Waals surface area contributed by atoms with Gasteiger partial charge in [-0.25, -0.2) is 0 Å². The van der Waals surface area contributed by atoms with Gasteiger partial charge >= 0.3 is 0 Å². The summed E-state index contributed by atoms with van der Waals surface area (Å²) in [7, 11) is 0. The second-order valence-corrected chi connectivity index (χ2v) is 4.57. The molecule has 1 unspecified atom stereocenters. The van der Waals surface area contributed by atoms with Crippen LogP contribution >= 0.6 is 0 Å². The molecular formula is C13H12N2O3. The van der Waals surface area contributed by atoms with Crippen LogP contribution in [-0.2, 0) is 9.59 Å². The number of carbonyl (C=O) groups excluding carboxylic acids is 2. The molecule has 1 aliphatic rings. The highest BCUT2D eigenvalue weighted by Gasteiger charge is 2.31. The lowest BCUT2D eigenvalue weighted by molar-refractivity contribution is -0.134. The van der Waals surface area contributed by atoms with Crippen LogP contribution in [-0.4, -0.2) is 17.0 Å². The van der Waals surface area contributed by atoms with Crippen LogP contribution in [0.15, 0.2) is 22.7 Å². The minimum absolute atomic E-state index is 0.222. The fourth-order valence-electron chi connectivity index (χ4n) is 2.28. The predicted octanol–water partition coefficient (Wildman–Crippen LogP) is 1.66. The number of rotatable bonds is 1. The summed E-state index contributed by atoms with van der Waals surface area (Å²) in [5.74, 6) is -0.908. The van der Waals surface area contributed by atoms with E-state index in [2.05, 4.69) is 10.5 Å². The standard InChI is InChI=1S/C13H12N2O3/c1-7-2-4-10-9(6-7)12(15-18-10)8-3-5-11(16)14-13(8)17/h2,4,6,8H,3,5H2,1H3,(H,14,16,17). The highest BCUT2D eigenvalue weighted by molar-refractivity contribution is 6.02. The zero-order valence-electron chi connectivity index (χ0n) is 9.90. The number of hydrogen-bond donors (Lipinski definition) is 1. The van der Waals surface area contributed by atoms with Gasteiger partial charge in [0.1, 0.15) is 5.69 Å². The molecule has 2 aromatic rings. The van der Waals surface area contributed by atoms with E-state index in [4.69, 9.17) is 4.52 Å². The van der Waals surface area contributed by atoms with Crippen LogP contribution in [0.1, 0.15) is 30.0 Å². The maximum absolute atomic E-state index is 11.8. The smallest absolute Gasteiger partial charge is 0.235 e. The lowest BCUT2D eigenvalue weighted by Crippen LogP contribution is -2.39. The molecule has 18 heavy (non-hydrogen) atoms. The van der Waals surface area contributed by atoms with Crippen molar-refractivity contribution in [3.63, 3.8) is 0 Å². The Bertz CT molecular complexity index is 645. The summed E-state index contributed by atoms with van der Waals surface area (Å²) < 4.78 is 5.22. The molecule has 1 N–H and O–H groups in total. The van der Waals surface area contributed by atoms with Crippen molar-refractivity contribution in [3.8, 4) is 0 Å². The Balaban J connectivity index is 2.06. The molecule has 0 aliphatic carbocycles. The molecule has 92 valence electrons. The molecule has 5 nitrogen and oxygen atoms in total. The van der Waals surface area contributed by atoms with Crippen LogP contribution in [0.2, 0.25) is 0 Å². The molecule has 1 fully saturated rings. The first-order valence-electron chi connectivity index (χ1n) is 5.85. The SMILES string of the molecule is Cc1ccc2onc(C3CCC(=O)NC3=O)c2c1. The fourth-order valence-corrected chi connectivity index (χ4v) is 2.28. The largest absolute Gasteiger partial charge is 0.356 e. The molecule has 1 aromatic heterocycles. The number of aromatic nitrogens is 1. The van der Waals surface area contributed by atoms with E-state index >= 15 is 0 Å². The predicted molar refractivity (Wildman–Crippen MR) is 63.9 cm³/mol. The van der Waals surface area contributed by atoms with Crippen LogP contribution in [0, 0.1) is 6.92 Å². The van der Waals surface area contributed by atoms with Gasteiger partial charge in [0.25, 0.3) is 0 Å². The molecule has 1 aromatic carbocycles. The molecule has 1 saturated heterocycles. The second-order valence-electron chi connectivity index (χ2n) is 4.57. The van der Waals surface area contributed by atoms with E-state index in [-0.39, 0.29) is 11.8 Å². The average molecular weight is 244 g/mol. The first-order chi connectivity index (χ1) is 8.65. The van der Waals surface area contributed by atoms with Gasteiger partial charge in [0.2, 0.25) is 11.8 Å². The van der Waals surface area contributed by atoms with Crippen molar-refractivity contribution in [2.75, 3.05) is 0 Å². The number of piperidine rings is 1. The molecule has 0 spiro atoms. The van der Waals surface area contributed by atoms with E-state index < -0.39 is 5.92 Å². The van der Waals surface area contributed by atoms with Crippen molar-refractivity contribution in [1.82, 2.24) is 10.5 Å². The number of aryl methyl sites for hydroxylation is 1. The van der Waals surface area contributed by atoms with Crippen molar-refractivity contribution in [1.29, 1.82) is 0 Å². The molecule has 1 aliphatic heterocycles. The number of carbonyl (C=O) groups is 2. The van der Waals surface area contributed by atoms with E-state index in [0.29, 0.717) is 24.1 Å². The molecule has 3 rings (SSSR count). The molecule has 0 saturated carbocycles. The van der Waals surface area contributed by atoms with Gasteiger partial charge < -0.3 is 4.52 Å². The zero-order chi connectivity index (χ0) is 12.7. The Labute approximate surface area is 103 Å². The number of amides is 2. The summed E-state index contributed by atoms with van der Waals surface area (Å²) >= 11 is 0. The van der Waals surface area contributed by atoms with Crippen molar-refractivity contribution >= 4 is 22.8 Å². The van der Waals surface area contributed by atoms with Gasteiger partial charge in [-0.15, -0.1) is 0 Å². The van der Waals surface area contributed by atoms with Gasteiger partial charge in [-0.1, -0.05) is 16.8 Å². The summed E-state index contributed by atoms with van der Waals surface area (Å²) in [6, 6.07) is 5.72. The van der Waals surface area contributed by atoms with Crippen LogP contribution < -0.4 is 5.32 Å². The molecule has 2 heterocycles. The number of fused-ring (bicyclic) bond motifs is 1. The zero-order valence-corrected chi connectivity index (χ0v) is 9.90. The molecule has 2 amide bonds. The summed E-state index contributed by atoms with van der Waals surface area (Å²) in [6.45, 7) is 1.97. The van der Waals surface area contributed by atoms with Gasteiger partial charge in [0, 0.05) is 11.8 Å². The highest BCUT2D eigenvalue weighted by atomic mass is 16.5.